The lowest BCUT2D eigenvalue weighted by Gasteiger charge is -2.22. The van der Waals surface area contributed by atoms with Gasteiger partial charge in [0.1, 0.15) is 13.2 Å². The van der Waals surface area contributed by atoms with Crippen LogP contribution in [0.3, 0.4) is 0 Å². The van der Waals surface area contributed by atoms with E-state index in [1.807, 2.05) is 18.2 Å². The Labute approximate surface area is 164 Å². The number of hydrogen-bond acceptors (Lipinski definition) is 5. The van der Waals surface area contributed by atoms with Gasteiger partial charge in [0, 0.05) is 26.6 Å². The first-order valence-corrected chi connectivity index (χ1v) is 10.0. The molecule has 7 nitrogen and oxygen atoms in total. The minimum Gasteiger partial charge on any atom is -0.486 e. The molecule has 150 valence electrons. The number of benzene rings is 1. The van der Waals surface area contributed by atoms with Gasteiger partial charge in [0.25, 0.3) is 0 Å². The molecule has 0 N–H and O–H groups in total. The lowest BCUT2D eigenvalue weighted by atomic mass is 9.81. The molecule has 0 aromatic heterocycles. The molecule has 1 aromatic rings. The molecular weight excluding hydrogens is 360 g/mol. The zero-order chi connectivity index (χ0) is 19.7. The normalized spacial score (nSPS) is 23.5. The molecule has 0 spiro atoms. The number of carbonyl (C=O) groups is 3. The molecule has 4 rings (SSSR count). The van der Waals surface area contributed by atoms with Crippen molar-refractivity contribution in [2.45, 2.75) is 38.6 Å². The third-order valence-corrected chi connectivity index (χ3v) is 5.93. The average Bonchev–Trinajstić information content (AvgIpc) is 2.96. The Kier molecular flexibility index (Phi) is 5.24. The van der Waals surface area contributed by atoms with Gasteiger partial charge in [0.15, 0.2) is 11.5 Å². The lowest BCUT2D eigenvalue weighted by molar-refractivity contribution is -0.140. The van der Waals surface area contributed by atoms with Gasteiger partial charge in [-0.25, -0.2) is 0 Å². The second kappa shape index (κ2) is 7.81. The van der Waals surface area contributed by atoms with Gasteiger partial charge in [0.05, 0.1) is 11.8 Å². The molecule has 2 heterocycles. The Balaban J connectivity index is 1.32. The van der Waals surface area contributed by atoms with Gasteiger partial charge >= 0.3 is 0 Å². The highest BCUT2D eigenvalue weighted by atomic mass is 16.6. The third-order valence-electron chi connectivity index (χ3n) is 5.93. The first-order chi connectivity index (χ1) is 13.5. The van der Waals surface area contributed by atoms with Crippen LogP contribution >= 0.6 is 0 Å². The van der Waals surface area contributed by atoms with Crippen molar-refractivity contribution < 1.29 is 23.9 Å². The van der Waals surface area contributed by atoms with E-state index in [4.69, 9.17) is 9.47 Å². The van der Waals surface area contributed by atoms with E-state index < -0.39 is 0 Å². The van der Waals surface area contributed by atoms with Crippen LogP contribution in [0, 0.1) is 11.8 Å². The highest BCUT2D eigenvalue weighted by Crippen LogP contribution is 2.38. The third kappa shape index (κ3) is 3.57. The Bertz CT molecular complexity index is 769. The second-order valence-corrected chi connectivity index (χ2v) is 7.80. The van der Waals surface area contributed by atoms with Crippen LogP contribution in [0.5, 0.6) is 11.5 Å². The molecule has 0 bridgehead atoms. The van der Waals surface area contributed by atoms with E-state index >= 15 is 0 Å². The molecule has 3 amide bonds. The summed E-state index contributed by atoms with van der Waals surface area (Å²) >= 11 is 0. The predicted molar refractivity (Wildman–Crippen MR) is 101 cm³/mol. The Morgan fingerprint density at radius 1 is 1.07 bits per heavy atom. The smallest absolute Gasteiger partial charge is 0.233 e. The number of hydrogen-bond donors (Lipinski definition) is 0. The Morgan fingerprint density at radius 2 is 1.71 bits per heavy atom. The molecule has 0 radical (unpaired) electrons. The summed E-state index contributed by atoms with van der Waals surface area (Å²) in [5.74, 6) is 0.829. The van der Waals surface area contributed by atoms with Gasteiger partial charge in [-0.05, 0) is 30.5 Å². The fourth-order valence-electron chi connectivity index (χ4n) is 4.40. The van der Waals surface area contributed by atoms with Gasteiger partial charge in [-0.2, -0.15) is 0 Å². The second-order valence-electron chi connectivity index (χ2n) is 7.80. The minimum absolute atomic E-state index is 0.0861. The van der Waals surface area contributed by atoms with Crippen molar-refractivity contribution in [2.24, 2.45) is 11.8 Å². The van der Waals surface area contributed by atoms with Gasteiger partial charge in [0.2, 0.25) is 17.7 Å². The maximum Gasteiger partial charge on any atom is 0.233 e. The van der Waals surface area contributed by atoms with Gasteiger partial charge in [-0.1, -0.05) is 18.9 Å². The first-order valence-electron chi connectivity index (χ1n) is 10.0. The van der Waals surface area contributed by atoms with Crippen LogP contribution in [-0.2, 0) is 20.9 Å². The van der Waals surface area contributed by atoms with E-state index in [-0.39, 0.29) is 42.5 Å². The van der Waals surface area contributed by atoms with Crippen molar-refractivity contribution in [3.63, 3.8) is 0 Å². The summed E-state index contributed by atoms with van der Waals surface area (Å²) < 4.78 is 11.1. The molecule has 2 fully saturated rings. The van der Waals surface area contributed by atoms with Crippen molar-refractivity contribution in [1.29, 1.82) is 0 Å². The SMILES string of the molecule is CN(Cc1ccc2c(c1)OCCO2)C(=O)CCN1C(=O)C2CCCCC2C1=O. The van der Waals surface area contributed by atoms with E-state index in [9.17, 15) is 14.4 Å². The molecule has 2 unspecified atom stereocenters. The number of likely N-dealkylation sites (tertiary alicyclic amines) is 1. The fraction of sp³-hybridized carbons (Fsp3) is 0.571. The number of fused-ring (bicyclic) bond motifs is 2. The monoisotopic (exact) mass is 386 g/mol. The summed E-state index contributed by atoms with van der Waals surface area (Å²) in [4.78, 5) is 40.5. The molecule has 1 saturated heterocycles. The summed E-state index contributed by atoms with van der Waals surface area (Å²) in [6.45, 7) is 1.67. The van der Waals surface area contributed by atoms with Crippen LogP contribution in [-0.4, -0.2) is 54.3 Å². The summed E-state index contributed by atoms with van der Waals surface area (Å²) in [6, 6.07) is 5.65. The topological polar surface area (TPSA) is 76.2 Å². The predicted octanol–water partition coefficient (Wildman–Crippen LogP) is 1.98. The maximum absolute atomic E-state index is 12.5. The molecule has 1 saturated carbocycles. The van der Waals surface area contributed by atoms with Crippen molar-refractivity contribution >= 4 is 17.7 Å². The number of ether oxygens (including phenoxy) is 2. The van der Waals surface area contributed by atoms with E-state index in [0.717, 1.165) is 37.0 Å². The molecule has 28 heavy (non-hydrogen) atoms. The average molecular weight is 386 g/mol. The Morgan fingerprint density at radius 3 is 2.39 bits per heavy atom. The van der Waals surface area contributed by atoms with Crippen LogP contribution in [0.25, 0.3) is 0 Å². The molecule has 3 aliphatic rings. The summed E-state index contributed by atoms with van der Waals surface area (Å²) in [7, 11) is 1.73. The lowest BCUT2D eigenvalue weighted by Crippen LogP contribution is -2.36. The van der Waals surface area contributed by atoms with Crippen molar-refractivity contribution in [3.8, 4) is 11.5 Å². The molecule has 1 aliphatic carbocycles. The number of rotatable bonds is 5. The number of amides is 3. The largest absolute Gasteiger partial charge is 0.486 e. The summed E-state index contributed by atoms with van der Waals surface area (Å²) in [6.07, 6.45) is 3.75. The van der Waals surface area contributed by atoms with Crippen molar-refractivity contribution in [3.05, 3.63) is 23.8 Å². The zero-order valence-corrected chi connectivity index (χ0v) is 16.2. The molecule has 7 heteroatoms. The molecule has 2 atom stereocenters. The first kappa shape index (κ1) is 18.8. The van der Waals surface area contributed by atoms with E-state index in [2.05, 4.69) is 0 Å². The van der Waals surface area contributed by atoms with E-state index in [1.165, 1.54) is 4.90 Å². The van der Waals surface area contributed by atoms with Gasteiger partial charge in [-0.15, -0.1) is 0 Å². The Hall–Kier alpha value is -2.57. The highest BCUT2D eigenvalue weighted by molar-refractivity contribution is 6.05. The van der Waals surface area contributed by atoms with Crippen LogP contribution in [0.4, 0.5) is 0 Å². The fourth-order valence-corrected chi connectivity index (χ4v) is 4.40. The van der Waals surface area contributed by atoms with E-state index in [1.54, 1.807) is 11.9 Å². The van der Waals surface area contributed by atoms with Crippen LogP contribution in [0.1, 0.15) is 37.7 Å². The minimum atomic E-state index is -0.160. The molecule has 2 aliphatic heterocycles. The van der Waals surface area contributed by atoms with Crippen LogP contribution in [0.15, 0.2) is 18.2 Å². The van der Waals surface area contributed by atoms with Crippen LogP contribution < -0.4 is 9.47 Å². The molecule has 1 aromatic carbocycles. The summed E-state index contributed by atoms with van der Waals surface area (Å²) in [5, 5.41) is 0. The van der Waals surface area contributed by atoms with Crippen molar-refractivity contribution in [1.82, 2.24) is 9.80 Å². The van der Waals surface area contributed by atoms with Gasteiger partial charge < -0.3 is 14.4 Å². The number of imide groups is 1. The standard InChI is InChI=1S/C21H26N2O5/c1-22(13-14-6-7-17-18(12-14)28-11-10-27-17)19(24)8-9-23-20(25)15-4-2-3-5-16(15)21(23)26/h6-7,12,15-16H,2-5,8-11,13H2,1H3. The van der Waals surface area contributed by atoms with Crippen molar-refractivity contribution in [2.75, 3.05) is 26.8 Å². The highest BCUT2D eigenvalue weighted by Gasteiger charge is 2.47. The van der Waals surface area contributed by atoms with E-state index in [0.29, 0.717) is 25.5 Å². The van der Waals surface area contributed by atoms with Crippen LogP contribution in [0.2, 0.25) is 0 Å². The number of nitrogens with zero attached hydrogens (tertiary/aromatic N) is 2. The summed E-state index contributed by atoms with van der Waals surface area (Å²) in [5.41, 5.74) is 0.944. The zero-order valence-electron chi connectivity index (χ0n) is 16.2. The molecular formula is C21H26N2O5. The number of carbonyl (C=O) groups excluding carboxylic acids is 3. The quantitative estimate of drug-likeness (QED) is 0.724. The van der Waals surface area contributed by atoms with Gasteiger partial charge in [-0.3, -0.25) is 19.3 Å². The maximum atomic E-state index is 12.5.